The number of nitrogens with two attached hydrogens (primary N) is 1. The van der Waals surface area contributed by atoms with Gasteiger partial charge in [0.2, 0.25) is 0 Å². The topological polar surface area (TPSA) is 46.2 Å². The van der Waals surface area contributed by atoms with Gasteiger partial charge in [0, 0.05) is 58.0 Å². The average molecular weight is 765 g/mol. The van der Waals surface area contributed by atoms with E-state index < -0.39 is 0 Å². The molecule has 0 radical (unpaired) electrons. The highest BCUT2D eigenvalue weighted by atomic mass is 15.1. The molecule has 0 aliphatic heterocycles. The van der Waals surface area contributed by atoms with E-state index in [-0.39, 0.29) is 6.04 Å². The number of allylic oxidation sites excluding steroid dienone is 3. The van der Waals surface area contributed by atoms with E-state index in [0.717, 1.165) is 16.8 Å². The molecule has 4 nitrogen and oxygen atoms in total. The highest BCUT2D eigenvalue weighted by Crippen LogP contribution is 2.49. The zero-order chi connectivity index (χ0) is 40.5. The molecule has 10 rings (SSSR count). The Morgan fingerprint density at radius 1 is 0.644 bits per heavy atom. The molecule has 1 aromatic heterocycles. The van der Waals surface area contributed by atoms with Gasteiger partial charge < -0.3 is 20.5 Å². The summed E-state index contributed by atoms with van der Waals surface area (Å²) in [5, 5.41) is 13.3. The summed E-state index contributed by atoms with van der Waals surface area (Å²) in [7, 11) is 6.27. The summed E-state index contributed by atoms with van der Waals surface area (Å²) in [6, 6.07) is 56.9. The van der Waals surface area contributed by atoms with E-state index in [0.29, 0.717) is 0 Å². The van der Waals surface area contributed by atoms with Gasteiger partial charge >= 0.3 is 0 Å². The molecule has 9 aromatic rings. The van der Waals surface area contributed by atoms with Crippen LogP contribution in [0.25, 0.3) is 82.7 Å². The first-order chi connectivity index (χ1) is 29.0. The normalized spacial score (nSPS) is 14.7. The predicted molar refractivity (Wildman–Crippen MR) is 256 cm³/mol. The van der Waals surface area contributed by atoms with Crippen LogP contribution in [-0.2, 0) is 0 Å². The van der Waals surface area contributed by atoms with Crippen LogP contribution >= 0.6 is 0 Å². The van der Waals surface area contributed by atoms with Crippen LogP contribution in [-0.4, -0.2) is 31.8 Å². The molecule has 4 heteroatoms. The summed E-state index contributed by atoms with van der Waals surface area (Å²) < 4.78 is 2.49. The van der Waals surface area contributed by atoms with Crippen molar-refractivity contribution in [2.45, 2.75) is 13.0 Å². The van der Waals surface area contributed by atoms with Crippen molar-refractivity contribution in [3.63, 3.8) is 0 Å². The molecule has 8 aromatic carbocycles. The summed E-state index contributed by atoms with van der Waals surface area (Å²) >= 11 is 0. The molecule has 1 atom stereocenters. The Balaban J connectivity index is 0.000000189. The lowest BCUT2D eigenvalue weighted by atomic mass is 9.91. The average Bonchev–Trinajstić information content (AvgIpc) is 3.65. The van der Waals surface area contributed by atoms with E-state index in [9.17, 15) is 0 Å². The van der Waals surface area contributed by atoms with Gasteiger partial charge in [0.1, 0.15) is 0 Å². The fraction of sp³-hybridized carbons (Fsp3) is 0.0909. The summed E-state index contributed by atoms with van der Waals surface area (Å²) in [6.07, 6.45) is 12.5. The Labute approximate surface area is 346 Å². The van der Waals surface area contributed by atoms with Crippen LogP contribution in [0.3, 0.4) is 0 Å². The third-order valence-electron chi connectivity index (χ3n) is 11.5. The third-order valence-corrected chi connectivity index (χ3v) is 11.5. The quantitative estimate of drug-likeness (QED) is 0.177. The first kappa shape index (κ1) is 37.4. The first-order valence-corrected chi connectivity index (χ1v) is 20.3. The van der Waals surface area contributed by atoms with Gasteiger partial charge in [-0.1, -0.05) is 176 Å². The highest BCUT2D eigenvalue weighted by Gasteiger charge is 2.25. The zero-order valence-electron chi connectivity index (χ0n) is 34.0. The number of para-hydroxylation sites is 1. The van der Waals surface area contributed by atoms with E-state index in [4.69, 9.17) is 5.73 Å². The van der Waals surface area contributed by atoms with Crippen LogP contribution in [0, 0.1) is 0 Å². The second kappa shape index (κ2) is 16.0. The standard InChI is InChI=1S/C37H30N2.C18H18N2/c1-4-12-25-19-21-27(22-20-25)33-34-32-24-23-26-13-8-9-16-29(26)35(32)39(28-14-6-5-7-15-28)37(34)31-18-11-10-17-30(31)36(33)38(2)3;1-20-17-9-5-4-8-16(17)18(19)15-11-10-13-6-2-3-7-14(13)12-15/h4-24H,1-3H3;2-12,17,20H,19H2,1H3/b12-4+;18-16-. The molecule has 0 saturated carbocycles. The lowest BCUT2D eigenvalue weighted by Crippen LogP contribution is -2.27. The number of aromatic nitrogens is 1. The smallest absolute Gasteiger partial charge is 0.0627 e. The summed E-state index contributed by atoms with van der Waals surface area (Å²) in [5.74, 6) is 0. The molecule has 59 heavy (non-hydrogen) atoms. The minimum Gasteiger partial charge on any atom is -0.398 e. The lowest BCUT2D eigenvalue weighted by Gasteiger charge is -2.23. The number of anilines is 1. The van der Waals surface area contributed by atoms with Gasteiger partial charge in [-0.15, -0.1) is 0 Å². The zero-order valence-corrected chi connectivity index (χ0v) is 34.0. The Morgan fingerprint density at radius 3 is 2.03 bits per heavy atom. The minimum absolute atomic E-state index is 0.173. The van der Waals surface area contributed by atoms with Crippen molar-refractivity contribution in [2.75, 3.05) is 26.0 Å². The molecule has 0 bridgehead atoms. The first-order valence-electron chi connectivity index (χ1n) is 20.3. The van der Waals surface area contributed by atoms with Crippen LogP contribution in [0.15, 0.2) is 194 Å². The number of benzene rings is 8. The van der Waals surface area contributed by atoms with E-state index >= 15 is 0 Å². The molecule has 1 heterocycles. The second-order valence-electron chi connectivity index (χ2n) is 15.3. The molecule has 0 fully saturated rings. The van der Waals surface area contributed by atoms with Crippen molar-refractivity contribution in [1.82, 2.24) is 9.88 Å². The molecular weight excluding hydrogens is 717 g/mol. The maximum absolute atomic E-state index is 6.38. The van der Waals surface area contributed by atoms with Gasteiger partial charge in [-0.05, 0) is 70.6 Å². The predicted octanol–water partition coefficient (Wildman–Crippen LogP) is 13.1. The minimum atomic E-state index is 0.173. The maximum atomic E-state index is 6.38. The van der Waals surface area contributed by atoms with Crippen molar-refractivity contribution < 1.29 is 0 Å². The van der Waals surface area contributed by atoms with Crippen molar-refractivity contribution in [2.24, 2.45) is 5.73 Å². The number of fused-ring (bicyclic) bond motifs is 8. The van der Waals surface area contributed by atoms with Crippen molar-refractivity contribution in [1.29, 1.82) is 0 Å². The second-order valence-corrected chi connectivity index (χ2v) is 15.3. The van der Waals surface area contributed by atoms with Gasteiger partial charge in [0.05, 0.1) is 22.8 Å². The molecule has 288 valence electrons. The monoisotopic (exact) mass is 764 g/mol. The number of nitrogens with one attached hydrogen (secondary N) is 1. The molecule has 0 spiro atoms. The molecular formula is C55H48N4. The number of hydrogen-bond donors (Lipinski definition) is 2. The van der Waals surface area contributed by atoms with Crippen LogP contribution in [0.4, 0.5) is 5.69 Å². The molecule has 0 amide bonds. The molecule has 1 aliphatic rings. The molecule has 0 saturated heterocycles. The Kier molecular flexibility index (Phi) is 10.2. The van der Waals surface area contributed by atoms with Gasteiger partial charge in [-0.2, -0.15) is 0 Å². The summed E-state index contributed by atoms with van der Waals surface area (Å²) in [4.78, 5) is 2.28. The third kappa shape index (κ3) is 6.78. The Morgan fingerprint density at radius 2 is 1.31 bits per heavy atom. The highest BCUT2D eigenvalue weighted by molar-refractivity contribution is 6.31. The molecule has 1 unspecified atom stereocenters. The van der Waals surface area contributed by atoms with Gasteiger partial charge in [-0.25, -0.2) is 0 Å². The number of nitrogens with zero attached hydrogens (tertiary/aromatic N) is 2. The van der Waals surface area contributed by atoms with Crippen LogP contribution in [0.5, 0.6) is 0 Å². The fourth-order valence-electron chi connectivity index (χ4n) is 8.81. The maximum Gasteiger partial charge on any atom is 0.0627 e. The fourth-order valence-corrected chi connectivity index (χ4v) is 8.81. The van der Waals surface area contributed by atoms with Crippen LogP contribution in [0.2, 0.25) is 0 Å². The Bertz CT molecular complexity index is 3120. The van der Waals surface area contributed by atoms with E-state index in [1.807, 2.05) is 19.2 Å². The van der Waals surface area contributed by atoms with Gasteiger partial charge in [0.25, 0.3) is 0 Å². The number of rotatable bonds is 6. The van der Waals surface area contributed by atoms with Crippen molar-refractivity contribution >= 4 is 71.6 Å². The van der Waals surface area contributed by atoms with Gasteiger partial charge in [-0.3, -0.25) is 0 Å². The summed E-state index contributed by atoms with van der Waals surface area (Å²) in [6.45, 7) is 2.06. The lowest BCUT2D eigenvalue weighted by molar-refractivity contribution is 0.762. The Hall–Kier alpha value is -7.14. The summed E-state index contributed by atoms with van der Waals surface area (Å²) in [5.41, 5.74) is 18.0. The molecule has 3 N–H and O–H groups in total. The largest absolute Gasteiger partial charge is 0.398 e. The van der Waals surface area contributed by atoms with E-state index in [1.54, 1.807) is 0 Å². The van der Waals surface area contributed by atoms with Crippen LogP contribution < -0.4 is 16.0 Å². The van der Waals surface area contributed by atoms with E-state index in [2.05, 4.69) is 218 Å². The SMILES string of the molecule is C/C=C/c1ccc(-c2c(N(C)C)c3ccccc3c3c2c2ccc4ccccc4c2n3-c2ccccc2)cc1.CNC1C=CC=C/C1=C(/N)c1ccc2ccccc2c1. The van der Waals surface area contributed by atoms with Crippen LogP contribution in [0.1, 0.15) is 18.1 Å². The van der Waals surface area contributed by atoms with Crippen molar-refractivity contribution in [3.05, 3.63) is 205 Å². The number of hydrogen-bond acceptors (Lipinski definition) is 3. The van der Waals surface area contributed by atoms with Crippen molar-refractivity contribution in [3.8, 4) is 16.8 Å². The molecule has 1 aliphatic carbocycles. The van der Waals surface area contributed by atoms with E-state index in [1.165, 1.54) is 82.2 Å². The van der Waals surface area contributed by atoms with Gasteiger partial charge in [0.15, 0.2) is 0 Å². The number of likely N-dealkylation sites (N-methyl/N-ethyl adjacent to an activating group) is 1.